The van der Waals surface area contributed by atoms with Gasteiger partial charge in [0, 0.05) is 31.4 Å². The van der Waals surface area contributed by atoms with Gasteiger partial charge in [0.25, 0.3) is 5.91 Å². The van der Waals surface area contributed by atoms with Gasteiger partial charge in [-0.3, -0.25) is 9.59 Å². The Kier molecular flexibility index (Phi) is 7.79. The van der Waals surface area contributed by atoms with Crippen molar-refractivity contribution in [1.82, 2.24) is 15.6 Å². The van der Waals surface area contributed by atoms with E-state index in [1.165, 1.54) is 0 Å². The molecule has 7 nitrogen and oxygen atoms in total. The number of nitrogens with one attached hydrogen (secondary N) is 2. The van der Waals surface area contributed by atoms with Crippen LogP contribution in [0.1, 0.15) is 36.2 Å². The van der Waals surface area contributed by atoms with E-state index in [9.17, 15) is 9.59 Å². The molecule has 160 valence electrons. The fraction of sp³-hybridized carbons (Fsp3) is 0.435. The van der Waals surface area contributed by atoms with E-state index >= 15 is 0 Å². The largest absolute Gasteiger partial charge is 0.378 e. The zero-order valence-corrected chi connectivity index (χ0v) is 17.6. The fourth-order valence-electron chi connectivity index (χ4n) is 3.32. The maximum Gasteiger partial charge on any atom is 0.251 e. The first-order chi connectivity index (χ1) is 14.6. The summed E-state index contributed by atoms with van der Waals surface area (Å²) in [5, 5.41) is 5.83. The van der Waals surface area contributed by atoms with Crippen molar-refractivity contribution in [2.24, 2.45) is 5.92 Å². The highest BCUT2D eigenvalue weighted by molar-refractivity contribution is 5.97. The number of anilines is 1. The average molecular weight is 411 g/mol. The molecule has 1 fully saturated rings. The number of carbonyl (C=O) groups is 2. The third kappa shape index (κ3) is 5.79. The van der Waals surface area contributed by atoms with Crippen LogP contribution in [0.15, 0.2) is 48.7 Å². The van der Waals surface area contributed by atoms with E-state index in [1.807, 2.05) is 32.0 Å². The van der Waals surface area contributed by atoms with Crippen LogP contribution >= 0.6 is 0 Å². The lowest BCUT2D eigenvalue weighted by Gasteiger charge is -2.27. The van der Waals surface area contributed by atoms with Crippen molar-refractivity contribution in [2.75, 3.05) is 31.2 Å². The van der Waals surface area contributed by atoms with E-state index in [1.54, 1.807) is 30.5 Å². The van der Waals surface area contributed by atoms with Crippen molar-refractivity contribution in [2.45, 2.75) is 32.9 Å². The molecule has 2 aromatic rings. The van der Waals surface area contributed by atoms with Crippen molar-refractivity contribution in [3.63, 3.8) is 0 Å². The molecule has 1 saturated heterocycles. The van der Waals surface area contributed by atoms with Crippen LogP contribution in [0.3, 0.4) is 0 Å². The highest BCUT2D eigenvalue weighted by Gasteiger charge is 2.26. The third-order valence-electron chi connectivity index (χ3n) is 5.43. The summed E-state index contributed by atoms with van der Waals surface area (Å²) in [6, 6.07) is 12.3. The zero-order chi connectivity index (χ0) is 21.3. The van der Waals surface area contributed by atoms with Gasteiger partial charge in [-0.25, -0.2) is 4.98 Å². The van der Waals surface area contributed by atoms with E-state index in [0.717, 1.165) is 30.9 Å². The summed E-state index contributed by atoms with van der Waals surface area (Å²) in [6.45, 7) is 7.43. The first-order valence-corrected chi connectivity index (χ1v) is 10.5. The summed E-state index contributed by atoms with van der Waals surface area (Å²) in [5.74, 6) is 0.499. The molecule has 1 aromatic carbocycles. The normalized spacial score (nSPS) is 15.9. The predicted octanol–water partition coefficient (Wildman–Crippen LogP) is 2.38. The maximum absolute atomic E-state index is 12.8. The Morgan fingerprint density at radius 2 is 1.87 bits per heavy atom. The van der Waals surface area contributed by atoms with Crippen molar-refractivity contribution < 1.29 is 14.3 Å². The summed E-state index contributed by atoms with van der Waals surface area (Å²) in [7, 11) is 0. The van der Waals surface area contributed by atoms with Gasteiger partial charge in [0.15, 0.2) is 0 Å². The number of hydrogen-bond donors (Lipinski definition) is 2. The van der Waals surface area contributed by atoms with Gasteiger partial charge in [-0.05, 0) is 29.7 Å². The Labute approximate surface area is 177 Å². The first kappa shape index (κ1) is 21.8. The molecule has 0 saturated carbocycles. The number of nitrogens with zero attached hydrogens (tertiary/aromatic N) is 2. The first-order valence-electron chi connectivity index (χ1n) is 10.5. The van der Waals surface area contributed by atoms with Gasteiger partial charge >= 0.3 is 0 Å². The molecule has 2 atom stereocenters. The molecule has 2 heterocycles. The Balaban J connectivity index is 1.58. The lowest BCUT2D eigenvalue weighted by Crippen LogP contribution is -2.50. The van der Waals surface area contributed by atoms with Crippen molar-refractivity contribution in [1.29, 1.82) is 0 Å². The van der Waals surface area contributed by atoms with Crippen LogP contribution in [0.2, 0.25) is 0 Å². The molecule has 2 unspecified atom stereocenters. The minimum Gasteiger partial charge on any atom is -0.378 e. The number of carbonyl (C=O) groups excluding carboxylic acids is 2. The molecule has 3 rings (SSSR count). The van der Waals surface area contributed by atoms with Gasteiger partial charge in [0.05, 0.1) is 13.2 Å². The Hall–Kier alpha value is -2.93. The molecule has 30 heavy (non-hydrogen) atoms. The molecule has 1 aromatic heterocycles. The lowest BCUT2D eigenvalue weighted by atomic mass is 9.97. The number of amides is 2. The fourth-order valence-corrected chi connectivity index (χ4v) is 3.32. The van der Waals surface area contributed by atoms with Gasteiger partial charge < -0.3 is 20.3 Å². The average Bonchev–Trinajstić information content (AvgIpc) is 2.81. The molecule has 0 bridgehead atoms. The summed E-state index contributed by atoms with van der Waals surface area (Å²) < 4.78 is 5.37. The Bertz CT molecular complexity index is 820. The van der Waals surface area contributed by atoms with Gasteiger partial charge in [0.2, 0.25) is 5.91 Å². The van der Waals surface area contributed by atoms with Crippen LogP contribution in [-0.2, 0) is 16.1 Å². The van der Waals surface area contributed by atoms with E-state index < -0.39 is 6.04 Å². The number of hydrogen-bond acceptors (Lipinski definition) is 5. The molecule has 7 heteroatoms. The minimum absolute atomic E-state index is 0.0134. The summed E-state index contributed by atoms with van der Waals surface area (Å²) in [6.07, 6.45) is 2.56. The monoisotopic (exact) mass is 410 g/mol. The van der Waals surface area contributed by atoms with Crippen molar-refractivity contribution >= 4 is 17.6 Å². The highest BCUT2D eigenvalue weighted by atomic mass is 16.5. The van der Waals surface area contributed by atoms with Gasteiger partial charge in [-0.1, -0.05) is 44.5 Å². The summed E-state index contributed by atoms with van der Waals surface area (Å²) >= 11 is 0. The van der Waals surface area contributed by atoms with Crippen LogP contribution in [0, 0.1) is 5.92 Å². The molecule has 1 aliphatic heterocycles. The van der Waals surface area contributed by atoms with Crippen molar-refractivity contribution in [3.8, 4) is 0 Å². The topological polar surface area (TPSA) is 83.6 Å². The van der Waals surface area contributed by atoms with Crippen LogP contribution < -0.4 is 15.5 Å². The molecule has 0 radical (unpaired) electrons. The van der Waals surface area contributed by atoms with E-state index in [4.69, 9.17) is 4.74 Å². The second kappa shape index (κ2) is 10.7. The number of benzene rings is 1. The highest BCUT2D eigenvalue weighted by Crippen LogP contribution is 2.14. The van der Waals surface area contributed by atoms with Gasteiger partial charge in [-0.2, -0.15) is 0 Å². The molecule has 2 amide bonds. The molecule has 0 aliphatic carbocycles. The molecular weight excluding hydrogens is 380 g/mol. The molecular formula is C23H30N4O3. The second-order valence-electron chi connectivity index (χ2n) is 7.54. The number of rotatable bonds is 8. The number of aromatic nitrogens is 1. The Morgan fingerprint density at radius 3 is 2.50 bits per heavy atom. The minimum atomic E-state index is -0.594. The van der Waals surface area contributed by atoms with Gasteiger partial charge in [0.1, 0.15) is 11.9 Å². The van der Waals surface area contributed by atoms with Crippen LogP contribution in [0.25, 0.3) is 0 Å². The third-order valence-corrected chi connectivity index (χ3v) is 5.43. The predicted molar refractivity (Wildman–Crippen MR) is 116 cm³/mol. The number of pyridine rings is 1. The number of morpholine rings is 1. The molecule has 0 spiro atoms. The molecule has 2 N–H and O–H groups in total. The van der Waals surface area contributed by atoms with E-state index in [2.05, 4.69) is 20.5 Å². The lowest BCUT2D eigenvalue weighted by molar-refractivity contribution is -0.124. The quantitative estimate of drug-likeness (QED) is 0.698. The van der Waals surface area contributed by atoms with Crippen LogP contribution in [0.5, 0.6) is 0 Å². The maximum atomic E-state index is 12.8. The SMILES string of the molecule is CCC(C)C(NC(=O)c1ccccc1)C(=O)NCc1ccc(N2CCOCC2)nc1. The molecule has 1 aliphatic rings. The Morgan fingerprint density at radius 1 is 1.13 bits per heavy atom. The van der Waals surface area contributed by atoms with Crippen molar-refractivity contribution in [3.05, 3.63) is 59.8 Å². The van der Waals surface area contributed by atoms with E-state index in [-0.39, 0.29) is 17.7 Å². The van der Waals surface area contributed by atoms with Crippen LogP contribution in [-0.4, -0.2) is 49.1 Å². The summed E-state index contributed by atoms with van der Waals surface area (Å²) in [5.41, 5.74) is 1.46. The second-order valence-corrected chi connectivity index (χ2v) is 7.54. The van der Waals surface area contributed by atoms with Crippen LogP contribution in [0.4, 0.5) is 5.82 Å². The summed E-state index contributed by atoms with van der Waals surface area (Å²) in [4.78, 5) is 32.1. The standard InChI is InChI=1S/C23H30N4O3/c1-3-17(2)21(26-22(28)19-7-5-4-6-8-19)23(29)25-16-18-9-10-20(24-15-18)27-11-13-30-14-12-27/h4-10,15,17,21H,3,11-14,16H2,1-2H3,(H,25,29)(H,26,28). The smallest absolute Gasteiger partial charge is 0.251 e. The van der Waals surface area contributed by atoms with Gasteiger partial charge in [-0.15, -0.1) is 0 Å². The number of ether oxygens (including phenoxy) is 1. The van der Waals surface area contributed by atoms with E-state index in [0.29, 0.717) is 25.3 Å². The zero-order valence-electron chi connectivity index (χ0n) is 17.6.